The largest absolute Gasteiger partial charge is 0.381 e. The maximum atomic E-state index is 12.6. The lowest BCUT2D eigenvalue weighted by Crippen LogP contribution is -2.53. The minimum Gasteiger partial charge on any atom is -0.381 e. The summed E-state index contributed by atoms with van der Waals surface area (Å²) in [6.07, 6.45) is 1.03. The third-order valence-electron chi connectivity index (χ3n) is 5.27. The lowest BCUT2D eigenvalue weighted by molar-refractivity contribution is 0.00190. The van der Waals surface area contributed by atoms with Crippen molar-refractivity contribution in [3.8, 4) is 0 Å². The van der Waals surface area contributed by atoms with Gasteiger partial charge in [-0.3, -0.25) is 4.90 Å². The molecule has 0 spiro atoms. The van der Waals surface area contributed by atoms with E-state index < -0.39 is 0 Å². The van der Waals surface area contributed by atoms with Crippen LogP contribution in [0.5, 0.6) is 0 Å². The first-order valence-corrected chi connectivity index (χ1v) is 10.1. The van der Waals surface area contributed by atoms with Crippen molar-refractivity contribution in [1.29, 1.82) is 0 Å². The number of morpholine rings is 1. The molecule has 2 aliphatic rings. The van der Waals surface area contributed by atoms with Gasteiger partial charge in [0.2, 0.25) is 0 Å². The molecule has 0 bridgehead atoms. The number of ether oxygens (including phenoxy) is 2. The zero-order chi connectivity index (χ0) is 19.2. The molecule has 2 atom stereocenters. The second-order valence-electron chi connectivity index (χ2n) is 7.09. The van der Waals surface area contributed by atoms with Crippen LogP contribution in [0.2, 0.25) is 10.0 Å². The van der Waals surface area contributed by atoms with Gasteiger partial charge in [-0.25, -0.2) is 4.79 Å². The second-order valence-corrected chi connectivity index (χ2v) is 7.88. The highest BCUT2D eigenvalue weighted by atomic mass is 35.5. The fraction of sp³-hybridized carbons (Fsp3) is 0.632. The van der Waals surface area contributed by atoms with E-state index in [9.17, 15) is 4.79 Å². The summed E-state index contributed by atoms with van der Waals surface area (Å²) in [4.78, 5) is 16.6. The molecule has 1 N–H and O–H groups in total. The maximum Gasteiger partial charge on any atom is 0.317 e. The van der Waals surface area contributed by atoms with Crippen LogP contribution >= 0.6 is 23.2 Å². The van der Waals surface area contributed by atoms with E-state index in [-0.39, 0.29) is 12.1 Å². The van der Waals surface area contributed by atoms with Crippen LogP contribution in [0.4, 0.5) is 4.79 Å². The Balaban J connectivity index is 1.56. The van der Waals surface area contributed by atoms with Crippen LogP contribution in [-0.4, -0.2) is 75.0 Å². The van der Waals surface area contributed by atoms with E-state index in [4.69, 9.17) is 32.7 Å². The van der Waals surface area contributed by atoms with Crippen LogP contribution in [0, 0.1) is 5.92 Å². The predicted octanol–water partition coefficient (Wildman–Crippen LogP) is 2.87. The maximum absolute atomic E-state index is 12.6. The average Bonchev–Trinajstić information content (AvgIpc) is 3.20. The number of carbonyl (C=O) groups excluding carboxylic acids is 1. The molecule has 2 amide bonds. The number of amides is 2. The predicted molar refractivity (Wildman–Crippen MR) is 106 cm³/mol. The summed E-state index contributed by atoms with van der Waals surface area (Å²) in [5.74, 6) is 0.441. The summed E-state index contributed by atoms with van der Waals surface area (Å²) in [5, 5.41) is 4.07. The Labute approximate surface area is 170 Å². The Morgan fingerprint density at radius 1 is 1.30 bits per heavy atom. The lowest BCUT2D eigenvalue weighted by atomic mass is 9.97. The fourth-order valence-corrected chi connectivity index (χ4v) is 4.06. The highest BCUT2D eigenvalue weighted by Crippen LogP contribution is 2.26. The molecule has 2 unspecified atom stereocenters. The van der Waals surface area contributed by atoms with Gasteiger partial charge in [-0.1, -0.05) is 35.3 Å². The number of rotatable bonds is 6. The van der Waals surface area contributed by atoms with Crippen LogP contribution in [0.15, 0.2) is 18.2 Å². The first-order chi connectivity index (χ1) is 13.1. The van der Waals surface area contributed by atoms with E-state index in [1.807, 2.05) is 12.1 Å². The smallest absolute Gasteiger partial charge is 0.317 e. The molecule has 0 radical (unpaired) electrons. The summed E-state index contributed by atoms with van der Waals surface area (Å²) in [5.41, 5.74) is 0.829. The van der Waals surface area contributed by atoms with Gasteiger partial charge in [0.25, 0.3) is 0 Å². The SMILES string of the molecule is CN(Cc1cccc(Cl)c1Cl)C(=O)NCC(C1CCOC1)N1CCOCC1. The highest BCUT2D eigenvalue weighted by molar-refractivity contribution is 6.42. The minimum absolute atomic E-state index is 0.122. The molecular weight excluding hydrogens is 389 g/mol. The zero-order valence-electron chi connectivity index (χ0n) is 15.6. The number of hydrogen-bond acceptors (Lipinski definition) is 4. The summed E-state index contributed by atoms with van der Waals surface area (Å²) >= 11 is 12.3. The summed E-state index contributed by atoms with van der Waals surface area (Å²) in [7, 11) is 1.76. The molecule has 1 aromatic rings. The van der Waals surface area contributed by atoms with E-state index in [0.717, 1.165) is 51.5 Å². The van der Waals surface area contributed by atoms with Crippen molar-refractivity contribution < 1.29 is 14.3 Å². The molecule has 0 aliphatic carbocycles. The van der Waals surface area contributed by atoms with Crippen LogP contribution in [0.25, 0.3) is 0 Å². The summed E-state index contributed by atoms with van der Waals surface area (Å²) in [6.45, 7) is 5.82. The number of nitrogens with zero attached hydrogens (tertiary/aromatic N) is 2. The van der Waals surface area contributed by atoms with E-state index in [1.54, 1.807) is 18.0 Å². The topological polar surface area (TPSA) is 54.0 Å². The fourth-order valence-electron chi connectivity index (χ4n) is 3.68. The van der Waals surface area contributed by atoms with Gasteiger partial charge in [0.05, 0.1) is 29.9 Å². The molecule has 8 heteroatoms. The van der Waals surface area contributed by atoms with Crippen LogP contribution in [0.3, 0.4) is 0 Å². The Morgan fingerprint density at radius 3 is 2.78 bits per heavy atom. The minimum atomic E-state index is -0.122. The van der Waals surface area contributed by atoms with Gasteiger partial charge in [0, 0.05) is 51.8 Å². The molecule has 1 aromatic carbocycles. The van der Waals surface area contributed by atoms with Crippen molar-refractivity contribution in [2.24, 2.45) is 5.92 Å². The number of urea groups is 1. The van der Waals surface area contributed by atoms with Crippen molar-refractivity contribution in [2.75, 3.05) is 53.1 Å². The molecule has 0 saturated carbocycles. The van der Waals surface area contributed by atoms with Crippen molar-refractivity contribution in [3.05, 3.63) is 33.8 Å². The molecule has 2 heterocycles. The lowest BCUT2D eigenvalue weighted by Gasteiger charge is -2.37. The Kier molecular flexibility index (Phi) is 7.61. The number of carbonyl (C=O) groups is 1. The Hall–Kier alpha value is -1.05. The van der Waals surface area contributed by atoms with Gasteiger partial charge >= 0.3 is 6.03 Å². The van der Waals surface area contributed by atoms with Crippen molar-refractivity contribution >= 4 is 29.2 Å². The van der Waals surface area contributed by atoms with Gasteiger partial charge in [-0.05, 0) is 18.1 Å². The van der Waals surface area contributed by atoms with Crippen LogP contribution in [-0.2, 0) is 16.0 Å². The standard InChI is InChI=1S/C19H27Cl2N3O3/c1-23(12-14-3-2-4-16(20)18(14)21)19(25)22-11-17(15-5-8-27-13-15)24-6-9-26-10-7-24/h2-4,15,17H,5-13H2,1H3,(H,22,25). The Bertz CT molecular complexity index is 635. The first-order valence-electron chi connectivity index (χ1n) is 9.37. The van der Waals surface area contributed by atoms with Crippen molar-refractivity contribution in [3.63, 3.8) is 0 Å². The third kappa shape index (κ3) is 5.48. The van der Waals surface area contributed by atoms with Gasteiger partial charge in [0.15, 0.2) is 0 Å². The highest BCUT2D eigenvalue weighted by Gasteiger charge is 2.32. The molecule has 27 heavy (non-hydrogen) atoms. The molecule has 0 aromatic heterocycles. The van der Waals surface area contributed by atoms with Crippen molar-refractivity contribution in [1.82, 2.24) is 15.1 Å². The Morgan fingerprint density at radius 2 is 2.07 bits per heavy atom. The van der Waals surface area contributed by atoms with E-state index in [0.29, 0.717) is 29.1 Å². The average molecular weight is 416 g/mol. The molecule has 2 saturated heterocycles. The van der Waals surface area contributed by atoms with Crippen molar-refractivity contribution in [2.45, 2.75) is 19.0 Å². The number of nitrogens with one attached hydrogen (secondary N) is 1. The van der Waals surface area contributed by atoms with E-state index in [1.165, 1.54) is 0 Å². The molecule has 150 valence electrons. The summed E-state index contributed by atoms with van der Waals surface area (Å²) < 4.78 is 11.1. The zero-order valence-corrected chi connectivity index (χ0v) is 17.1. The molecular formula is C19H27Cl2N3O3. The van der Waals surface area contributed by atoms with Gasteiger partial charge in [-0.2, -0.15) is 0 Å². The van der Waals surface area contributed by atoms with E-state index in [2.05, 4.69) is 10.2 Å². The number of benzene rings is 1. The van der Waals surface area contributed by atoms with Crippen LogP contribution in [0.1, 0.15) is 12.0 Å². The van der Waals surface area contributed by atoms with Gasteiger partial charge < -0.3 is 19.7 Å². The number of halogens is 2. The van der Waals surface area contributed by atoms with E-state index >= 15 is 0 Å². The molecule has 3 rings (SSSR count). The second kappa shape index (κ2) is 9.94. The van der Waals surface area contributed by atoms with Gasteiger partial charge in [0.1, 0.15) is 0 Å². The summed E-state index contributed by atoms with van der Waals surface area (Å²) in [6, 6.07) is 5.60. The van der Waals surface area contributed by atoms with Crippen LogP contribution < -0.4 is 5.32 Å². The monoisotopic (exact) mass is 415 g/mol. The van der Waals surface area contributed by atoms with Gasteiger partial charge in [-0.15, -0.1) is 0 Å². The normalized spacial score (nSPS) is 21.8. The quantitative estimate of drug-likeness (QED) is 0.775. The molecule has 2 aliphatic heterocycles. The number of hydrogen-bond donors (Lipinski definition) is 1. The molecule has 2 fully saturated rings. The third-order valence-corrected chi connectivity index (χ3v) is 6.13. The first kappa shape index (κ1) is 20.7. The molecule has 6 nitrogen and oxygen atoms in total.